The molecule has 2 rings (SSSR count). The number of hydrogen-bond donors (Lipinski definition) is 2. The summed E-state index contributed by atoms with van der Waals surface area (Å²) >= 11 is 4.76. The number of carboxylic acids is 1. The van der Waals surface area contributed by atoms with Crippen molar-refractivity contribution >= 4 is 33.7 Å². The standard InChI is InChI=1S/C11H10BrN3O2S/c12-8-4-2-1-3-7(8)10-13-11(15-14-10)18-6-5-9(16)17/h1-4H,5-6H2,(H,16,17)(H,13,14,15). The van der Waals surface area contributed by atoms with E-state index in [1.54, 1.807) is 0 Å². The van der Waals surface area contributed by atoms with Crippen LogP contribution in [0.25, 0.3) is 11.4 Å². The van der Waals surface area contributed by atoms with Gasteiger partial charge in [0.25, 0.3) is 0 Å². The number of rotatable bonds is 5. The molecule has 0 aliphatic rings. The largest absolute Gasteiger partial charge is 0.481 e. The highest BCUT2D eigenvalue weighted by Gasteiger charge is 2.09. The first-order valence-corrected chi connectivity index (χ1v) is 6.96. The molecule has 0 spiro atoms. The third kappa shape index (κ3) is 3.33. The fraction of sp³-hybridized carbons (Fsp3) is 0.182. The predicted molar refractivity (Wildman–Crippen MR) is 72.5 cm³/mol. The van der Waals surface area contributed by atoms with Crippen LogP contribution in [0.2, 0.25) is 0 Å². The molecule has 1 heterocycles. The lowest BCUT2D eigenvalue weighted by Crippen LogP contribution is -1.95. The van der Waals surface area contributed by atoms with E-state index in [0.717, 1.165) is 10.0 Å². The molecule has 2 aromatic rings. The van der Waals surface area contributed by atoms with Crippen LogP contribution in [0, 0.1) is 0 Å². The van der Waals surface area contributed by atoms with Crippen molar-refractivity contribution in [1.29, 1.82) is 0 Å². The zero-order valence-corrected chi connectivity index (χ0v) is 11.7. The number of H-pyrrole nitrogens is 1. The molecule has 0 aliphatic carbocycles. The number of nitrogens with one attached hydrogen (secondary N) is 1. The van der Waals surface area contributed by atoms with Gasteiger partial charge >= 0.3 is 5.97 Å². The van der Waals surface area contributed by atoms with Gasteiger partial charge in [-0.25, -0.2) is 4.98 Å². The quantitative estimate of drug-likeness (QED) is 0.825. The van der Waals surface area contributed by atoms with Crippen LogP contribution >= 0.6 is 27.7 Å². The Hall–Kier alpha value is -1.34. The number of aromatic amines is 1. The summed E-state index contributed by atoms with van der Waals surface area (Å²) < 4.78 is 0.934. The number of carbonyl (C=O) groups is 1. The van der Waals surface area contributed by atoms with E-state index in [9.17, 15) is 4.79 Å². The summed E-state index contributed by atoms with van der Waals surface area (Å²) in [5.41, 5.74) is 0.926. The van der Waals surface area contributed by atoms with Crippen LogP contribution in [0.5, 0.6) is 0 Å². The van der Waals surface area contributed by atoms with Gasteiger partial charge in [-0.1, -0.05) is 45.9 Å². The highest BCUT2D eigenvalue weighted by molar-refractivity contribution is 9.10. The van der Waals surface area contributed by atoms with Gasteiger partial charge in [-0.3, -0.25) is 9.89 Å². The maximum Gasteiger partial charge on any atom is 0.304 e. The maximum atomic E-state index is 10.4. The minimum Gasteiger partial charge on any atom is -0.481 e. The number of carboxylic acid groups (broad SMARTS) is 1. The Bertz CT molecular complexity index is 559. The highest BCUT2D eigenvalue weighted by Crippen LogP contribution is 2.26. The van der Waals surface area contributed by atoms with Gasteiger partial charge in [0.2, 0.25) is 5.16 Å². The minimum atomic E-state index is -0.816. The lowest BCUT2D eigenvalue weighted by Gasteiger charge is -1.98. The molecule has 5 nitrogen and oxygen atoms in total. The SMILES string of the molecule is O=C(O)CCSc1n[nH]c(-c2ccccc2Br)n1. The van der Waals surface area contributed by atoms with E-state index in [0.29, 0.717) is 16.7 Å². The molecule has 0 bridgehead atoms. The van der Waals surface area contributed by atoms with Crippen LogP contribution in [0.15, 0.2) is 33.9 Å². The lowest BCUT2D eigenvalue weighted by molar-refractivity contribution is -0.136. The highest BCUT2D eigenvalue weighted by atomic mass is 79.9. The average molecular weight is 328 g/mol. The molecular formula is C11H10BrN3O2S. The first kappa shape index (κ1) is 13.1. The fourth-order valence-corrected chi connectivity index (χ4v) is 2.51. The topological polar surface area (TPSA) is 78.9 Å². The van der Waals surface area contributed by atoms with Gasteiger partial charge in [0.15, 0.2) is 5.82 Å². The number of hydrogen-bond acceptors (Lipinski definition) is 4. The van der Waals surface area contributed by atoms with Crippen molar-refractivity contribution in [2.75, 3.05) is 5.75 Å². The third-order valence-corrected chi connectivity index (χ3v) is 3.68. The van der Waals surface area contributed by atoms with Crippen molar-refractivity contribution in [2.45, 2.75) is 11.6 Å². The molecule has 0 amide bonds. The number of nitrogens with zero attached hydrogens (tertiary/aromatic N) is 2. The number of thioether (sulfide) groups is 1. The molecule has 0 radical (unpaired) electrons. The molecule has 1 aromatic carbocycles. The fourth-order valence-electron chi connectivity index (χ4n) is 1.31. The summed E-state index contributed by atoms with van der Waals surface area (Å²) in [4.78, 5) is 14.7. The second kappa shape index (κ2) is 6.01. The Morgan fingerprint density at radius 1 is 1.44 bits per heavy atom. The molecule has 94 valence electrons. The summed E-state index contributed by atoms with van der Waals surface area (Å²) in [5, 5.41) is 16.0. The molecule has 0 aliphatic heterocycles. The molecular weight excluding hydrogens is 318 g/mol. The van der Waals surface area contributed by atoms with Gasteiger partial charge in [0.05, 0.1) is 6.42 Å². The maximum absolute atomic E-state index is 10.4. The van der Waals surface area contributed by atoms with Crippen molar-refractivity contribution in [3.8, 4) is 11.4 Å². The zero-order valence-electron chi connectivity index (χ0n) is 9.26. The second-order valence-corrected chi connectivity index (χ2v) is 5.36. The summed E-state index contributed by atoms with van der Waals surface area (Å²) in [5.74, 6) is 0.312. The van der Waals surface area contributed by atoms with Crippen LogP contribution in [0.1, 0.15) is 6.42 Å². The van der Waals surface area contributed by atoms with Gasteiger partial charge in [-0.15, -0.1) is 5.10 Å². The normalized spacial score (nSPS) is 10.5. The van der Waals surface area contributed by atoms with Gasteiger partial charge in [-0.05, 0) is 6.07 Å². The molecule has 0 unspecified atom stereocenters. The summed E-state index contributed by atoms with van der Waals surface area (Å²) in [6.07, 6.45) is 0.101. The van der Waals surface area contributed by atoms with E-state index in [-0.39, 0.29) is 6.42 Å². The molecule has 0 fully saturated rings. The molecule has 0 saturated carbocycles. The van der Waals surface area contributed by atoms with Crippen molar-refractivity contribution in [3.05, 3.63) is 28.7 Å². The molecule has 2 N–H and O–H groups in total. The van der Waals surface area contributed by atoms with E-state index in [1.807, 2.05) is 24.3 Å². The zero-order chi connectivity index (χ0) is 13.0. The minimum absolute atomic E-state index is 0.101. The first-order chi connectivity index (χ1) is 8.66. The van der Waals surface area contributed by atoms with E-state index in [2.05, 4.69) is 31.1 Å². The molecule has 1 aromatic heterocycles. The second-order valence-electron chi connectivity index (χ2n) is 3.44. The molecule has 0 atom stereocenters. The van der Waals surface area contributed by atoms with Crippen molar-refractivity contribution in [1.82, 2.24) is 15.2 Å². The van der Waals surface area contributed by atoms with Crippen LogP contribution in [-0.4, -0.2) is 32.0 Å². The van der Waals surface area contributed by atoms with Gasteiger partial charge in [0.1, 0.15) is 0 Å². The van der Waals surface area contributed by atoms with E-state index in [1.165, 1.54) is 11.8 Å². The molecule has 0 saturated heterocycles. The smallest absolute Gasteiger partial charge is 0.304 e. The van der Waals surface area contributed by atoms with Crippen LogP contribution in [0.3, 0.4) is 0 Å². The third-order valence-electron chi connectivity index (χ3n) is 2.14. The Morgan fingerprint density at radius 2 is 2.22 bits per heavy atom. The van der Waals surface area contributed by atoms with E-state index in [4.69, 9.17) is 5.11 Å². The Balaban J connectivity index is 2.06. The van der Waals surface area contributed by atoms with E-state index < -0.39 is 5.97 Å². The molecule has 18 heavy (non-hydrogen) atoms. The van der Waals surface area contributed by atoms with Crippen LogP contribution < -0.4 is 0 Å². The Labute approximate surface area is 116 Å². The van der Waals surface area contributed by atoms with Crippen LogP contribution in [0.4, 0.5) is 0 Å². The lowest BCUT2D eigenvalue weighted by atomic mass is 10.2. The predicted octanol–water partition coefficient (Wildman–Crippen LogP) is 2.80. The van der Waals surface area contributed by atoms with E-state index >= 15 is 0 Å². The van der Waals surface area contributed by atoms with Crippen molar-refractivity contribution in [3.63, 3.8) is 0 Å². The van der Waals surface area contributed by atoms with Gasteiger partial charge < -0.3 is 5.11 Å². The summed E-state index contributed by atoms with van der Waals surface area (Å²) in [6, 6.07) is 7.69. The summed E-state index contributed by atoms with van der Waals surface area (Å²) in [6.45, 7) is 0. The van der Waals surface area contributed by atoms with Gasteiger partial charge in [-0.2, -0.15) is 0 Å². The van der Waals surface area contributed by atoms with Gasteiger partial charge in [0, 0.05) is 15.8 Å². The number of aliphatic carboxylic acids is 1. The van der Waals surface area contributed by atoms with Crippen LogP contribution in [-0.2, 0) is 4.79 Å². The average Bonchev–Trinajstić information content (AvgIpc) is 2.78. The Kier molecular flexibility index (Phi) is 4.38. The number of halogens is 1. The Morgan fingerprint density at radius 3 is 2.94 bits per heavy atom. The van der Waals surface area contributed by atoms with Crippen molar-refractivity contribution < 1.29 is 9.90 Å². The monoisotopic (exact) mass is 327 g/mol. The molecule has 7 heteroatoms. The number of benzene rings is 1. The summed E-state index contributed by atoms with van der Waals surface area (Å²) in [7, 11) is 0. The first-order valence-electron chi connectivity index (χ1n) is 5.18. The van der Waals surface area contributed by atoms with Crippen molar-refractivity contribution in [2.24, 2.45) is 0 Å². The number of aromatic nitrogens is 3.